The number of carbonyl (C=O) groups excluding carboxylic acids is 1. The molecule has 126 valence electrons. The van der Waals surface area contributed by atoms with Crippen molar-refractivity contribution in [2.45, 2.75) is 23.6 Å². The van der Waals surface area contributed by atoms with E-state index in [1.165, 1.54) is 5.56 Å². The lowest BCUT2D eigenvalue weighted by Gasteiger charge is -2.15. The largest absolute Gasteiger partial charge is 0.339 e. The normalized spacial score (nSPS) is 14.2. The van der Waals surface area contributed by atoms with Crippen LogP contribution in [0.15, 0.2) is 59.8 Å². The highest BCUT2D eigenvalue weighted by Gasteiger charge is 2.19. The monoisotopic (exact) mass is 349 g/mol. The number of fused-ring (bicyclic) bond motifs is 1. The van der Waals surface area contributed by atoms with Gasteiger partial charge in [-0.1, -0.05) is 48.2 Å². The molecule has 5 heteroatoms. The van der Waals surface area contributed by atoms with Crippen molar-refractivity contribution in [1.82, 2.24) is 15.1 Å². The molecule has 1 aliphatic rings. The number of hydrogen-bond acceptors (Lipinski definition) is 4. The van der Waals surface area contributed by atoms with Crippen molar-refractivity contribution in [3.05, 3.63) is 65.9 Å². The third-order valence-corrected chi connectivity index (χ3v) is 5.56. The van der Waals surface area contributed by atoms with E-state index in [1.807, 2.05) is 47.4 Å². The molecule has 0 spiro atoms. The van der Waals surface area contributed by atoms with Crippen LogP contribution in [0.2, 0.25) is 0 Å². The van der Waals surface area contributed by atoms with E-state index in [0.717, 1.165) is 53.0 Å². The molecule has 2 aromatic carbocycles. The van der Waals surface area contributed by atoms with E-state index in [4.69, 9.17) is 0 Å². The second-order valence-corrected chi connectivity index (χ2v) is 7.19. The predicted molar refractivity (Wildman–Crippen MR) is 101 cm³/mol. The van der Waals surface area contributed by atoms with Crippen LogP contribution in [0.3, 0.4) is 0 Å². The fraction of sp³-hybridized carbons (Fsp3) is 0.250. The summed E-state index contributed by atoms with van der Waals surface area (Å²) in [4.78, 5) is 14.3. The summed E-state index contributed by atoms with van der Waals surface area (Å²) < 4.78 is 0. The Labute approximate surface area is 151 Å². The van der Waals surface area contributed by atoms with Crippen LogP contribution >= 0.6 is 11.8 Å². The molecule has 0 N–H and O–H groups in total. The standard InChI is InChI=1S/C20H19N3OS/c24-20(23-11-3-4-12-23)16-9-7-15(8-10-16)14-25-19-18-6-2-1-5-17(18)13-21-22-19/h1-2,5-10,13H,3-4,11-12,14H2. The van der Waals surface area contributed by atoms with Gasteiger partial charge in [0.25, 0.3) is 5.91 Å². The second-order valence-electron chi connectivity index (χ2n) is 6.22. The number of likely N-dealkylation sites (tertiary alicyclic amines) is 1. The van der Waals surface area contributed by atoms with Gasteiger partial charge in [-0.25, -0.2) is 0 Å². The molecule has 0 unspecified atom stereocenters. The van der Waals surface area contributed by atoms with Gasteiger partial charge in [-0.3, -0.25) is 4.79 Å². The van der Waals surface area contributed by atoms with Gasteiger partial charge in [-0.2, -0.15) is 5.10 Å². The molecule has 4 rings (SSSR count). The smallest absolute Gasteiger partial charge is 0.253 e. The van der Waals surface area contributed by atoms with Gasteiger partial charge < -0.3 is 4.90 Å². The van der Waals surface area contributed by atoms with E-state index >= 15 is 0 Å². The van der Waals surface area contributed by atoms with Gasteiger partial charge in [-0.05, 0) is 30.5 Å². The van der Waals surface area contributed by atoms with Gasteiger partial charge >= 0.3 is 0 Å². The summed E-state index contributed by atoms with van der Waals surface area (Å²) in [6.45, 7) is 1.77. The third-order valence-electron chi connectivity index (χ3n) is 4.51. The summed E-state index contributed by atoms with van der Waals surface area (Å²) >= 11 is 1.67. The first kappa shape index (κ1) is 16.1. The number of hydrogen-bond donors (Lipinski definition) is 0. The first-order chi connectivity index (χ1) is 12.3. The first-order valence-corrected chi connectivity index (χ1v) is 9.51. The SMILES string of the molecule is O=C(c1ccc(CSc2nncc3ccccc23)cc1)N1CCCC1. The molecule has 0 aliphatic carbocycles. The maximum Gasteiger partial charge on any atom is 0.253 e. The number of thioether (sulfide) groups is 1. The molecule has 2 heterocycles. The lowest BCUT2D eigenvalue weighted by Crippen LogP contribution is -2.27. The highest BCUT2D eigenvalue weighted by molar-refractivity contribution is 7.98. The molecule has 3 aromatic rings. The Bertz CT molecular complexity index is 884. The maximum absolute atomic E-state index is 12.4. The Balaban J connectivity index is 1.45. The van der Waals surface area contributed by atoms with E-state index in [1.54, 1.807) is 18.0 Å². The lowest BCUT2D eigenvalue weighted by molar-refractivity contribution is 0.0793. The Morgan fingerprint density at radius 1 is 1.04 bits per heavy atom. The van der Waals surface area contributed by atoms with Crippen LogP contribution in [0.5, 0.6) is 0 Å². The average molecular weight is 349 g/mol. The van der Waals surface area contributed by atoms with Crippen LogP contribution in [0.4, 0.5) is 0 Å². The fourth-order valence-electron chi connectivity index (χ4n) is 3.11. The zero-order valence-electron chi connectivity index (χ0n) is 13.9. The quantitative estimate of drug-likeness (QED) is 0.664. The fourth-order valence-corrected chi connectivity index (χ4v) is 4.05. The molecule has 25 heavy (non-hydrogen) atoms. The van der Waals surface area contributed by atoms with Crippen LogP contribution < -0.4 is 0 Å². The summed E-state index contributed by atoms with van der Waals surface area (Å²) in [7, 11) is 0. The van der Waals surface area contributed by atoms with Crippen LogP contribution in [0, 0.1) is 0 Å². The average Bonchev–Trinajstić information content (AvgIpc) is 3.21. The zero-order chi connectivity index (χ0) is 17.1. The third kappa shape index (κ3) is 3.51. The van der Waals surface area contributed by atoms with Crippen LogP contribution in [-0.2, 0) is 5.75 Å². The molecule has 1 saturated heterocycles. The number of aromatic nitrogens is 2. The van der Waals surface area contributed by atoms with E-state index in [9.17, 15) is 4.79 Å². The van der Waals surface area contributed by atoms with Gasteiger partial charge in [-0.15, -0.1) is 5.10 Å². The number of rotatable bonds is 4. The molecular formula is C20H19N3OS. The summed E-state index contributed by atoms with van der Waals surface area (Å²) in [6.07, 6.45) is 4.03. The van der Waals surface area contributed by atoms with Crippen molar-refractivity contribution in [2.24, 2.45) is 0 Å². The molecule has 1 amide bonds. The van der Waals surface area contributed by atoms with Crippen molar-refractivity contribution < 1.29 is 4.79 Å². The van der Waals surface area contributed by atoms with Crippen LogP contribution in [0.25, 0.3) is 10.8 Å². The predicted octanol–water partition coefficient (Wildman–Crippen LogP) is 4.16. The molecule has 1 aliphatic heterocycles. The number of carbonyl (C=O) groups is 1. The Kier molecular flexibility index (Phi) is 4.65. The molecule has 0 atom stereocenters. The Morgan fingerprint density at radius 2 is 1.80 bits per heavy atom. The van der Waals surface area contributed by atoms with E-state index < -0.39 is 0 Å². The maximum atomic E-state index is 12.4. The van der Waals surface area contributed by atoms with Crippen LogP contribution in [0.1, 0.15) is 28.8 Å². The zero-order valence-corrected chi connectivity index (χ0v) is 14.7. The summed E-state index contributed by atoms with van der Waals surface area (Å²) in [5, 5.41) is 11.5. The van der Waals surface area contributed by atoms with Crippen molar-refractivity contribution in [2.75, 3.05) is 13.1 Å². The van der Waals surface area contributed by atoms with Crippen molar-refractivity contribution in [3.63, 3.8) is 0 Å². The molecule has 1 fully saturated rings. The van der Waals surface area contributed by atoms with Gasteiger partial charge in [0.15, 0.2) is 0 Å². The number of amides is 1. The minimum absolute atomic E-state index is 0.150. The van der Waals surface area contributed by atoms with Crippen molar-refractivity contribution in [1.29, 1.82) is 0 Å². The van der Waals surface area contributed by atoms with Gasteiger partial charge in [0.1, 0.15) is 5.03 Å². The summed E-state index contributed by atoms with van der Waals surface area (Å²) in [5.74, 6) is 0.956. The summed E-state index contributed by atoms with van der Waals surface area (Å²) in [6, 6.07) is 16.1. The number of benzene rings is 2. The molecule has 0 radical (unpaired) electrons. The van der Waals surface area contributed by atoms with Crippen molar-refractivity contribution >= 4 is 28.4 Å². The minimum atomic E-state index is 0.150. The first-order valence-electron chi connectivity index (χ1n) is 8.53. The van der Waals surface area contributed by atoms with Crippen molar-refractivity contribution in [3.8, 4) is 0 Å². The Hall–Kier alpha value is -2.40. The van der Waals surface area contributed by atoms with E-state index in [0.29, 0.717) is 0 Å². The molecule has 0 bridgehead atoms. The number of nitrogens with zero attached hydrogens (tertiary/aromatic N) is 3. The minimum Gasteiger partial charge on any atom is -0.339 e. The topological polar surface area (TPSA) is 46.1 Å². The van der Waals surface area contributed by atoms with Crippen LogP contribution in [-0.4, -0.2) is 34.1 Å². The molecule has 0 saturated carbocycles. The summed E-state index contributed by atoms with van der Waals surface area (Å²) in [5.41, 5.74) is 1.96. The highest BCUT2D eigenvalue weighted by atomic mass is 32.2. The van der Waals surface area contributed by atoms with Gasteiger partial charge in [0, 0.05) is 35.2 Å². The van der Waals surface area contributed by atoms with Gasteiger partial charge in [0.2, 0.25) is 0 Å². The highest BCUT2D eigenvalue weighted by Crippen LogP contribution is 2.27. The lowest BCUT2D eigenvalue weighted by atomic mass is 10.1. The van der Waals surface area contributed by atoms with Gasteiger partial charge in [0.05, 0.1) is 6.20 Å². The Morgan fingerprint density at radius 3 is 2.60 bits per heavy atom. The molecule has 1 aromatic heterocycles. The second kappa shape index (κ2) is 7.23. The molecular weight excluding hydrogens is 330 g/mol. The van der Waals surface area contributed by atoms with E-state index in [2.05, 4.69) is 16.3 Å². The van der Waals surface area contributed by atoms with E-state index in [-0.39, 0.29) is 5.91 Å². The molecule has 4 nitrogen and oxygen atoms in total.